The Morgan fingerprint density at radius 3 is 2.33 bits per heavy atom. The topological polar surface area (TPSA) is 37.8 Å². The van der Waals surface area contributed by atoms with E-state index in [4.69, 9.17) is 23.2 Å². The highest BCUT2D eigenvalue weighted by Gasteiger charge is 2.06. The van der Waals surface area contributed by atoms with Crippen LogP contribution >= 0.6 is 23.2 Å². The van der Waals surface area contributed by atoms with Crippen LogP contribution in [0.5, 0.6) is 0 Å². The Hall–Kier alpha value is -1.84. The normalized spacial score (nSPS) is 10.8. The van der Waals surface area contributed by atoms with E-state index in [0.717, 1.165) is 34.6 Å². The first-order chi connectivity index (χ1) is 10.2. The Labute approximate surface area is 132 Å². The molecule has 0 spiro atoms. The van der Waals surface area contributed by atoms with Gasteiger partial charge in [0, 0.05) is 22.3 Å². The molecule has 0 radical (unpaired) electrons. The first-order valence-electron chi connectivity index (χ1n) is 6.63. The Morgan fingerprint density at radius 1 is 0.857 bits per heavy atom. The summed E-state index contributed by atoms with van der Waals surface area (Å²) in [6.45, 7) is 0.766. The molecule has 0 atom stereocenters. The molecule has 0 saturated heterocycles. The van der Waals surface area contributed by atoms with E-state index in [-0.39, 0.29) is 0 Å². The van der Waals surface area contributed by atoms with Crippen LogP contribution < -0.4 is 5.32 Å². The lowest BCUT2D eigenvalue weighted by atomic mass is 10.1. The first kappa shape index (κ1) is 14.1. The monoisotopic (exact) mass is 317 g/mol. The SMILES string of the molecule is Clc1ccc(CCNc2nnc(Cl)c3ccccc23)cc1. The zero-order chi connectivity index (χ0) is 14.7. The van der Waals surface area contributed by atoms with Gasteiger partial charge >= 0.3 is 0 Å². The smallest absolute Gasteiger partial charge is 0.159 e. The van der Waals surface area contributed by atoms with Crippen molar-refractivity contribution in [2.24, 2.45) is 0 Å². The van der Waals surface area contributed by atoms with Gasteiger partial charge < -0.3 is 5.32 Å². The molecule has 0 amide bonds. The van der Waals surface area contributed by atoms with Crippen LogP contribution in [0.1, 0.15) is 5.56 Å². The van der Waals surface area contributed by atoms with Crippen LogP contribution in [0.3, 0.4) is 0 Å². The highest BCUT2D eigenvalue weighted by Crippen LogP contribution is 2.25. The van der Waals surface area contributed by atoms with Gasteiger partial charge in [-0.05, 0) is 24.1 Å². The summed E-state index contributed by atoms with van der Waals surface area (Å²) in [6.07, 6.45) is 0.885. The molecule has 0 unspecified atom stereocenters. The predicted octanol–water partition coefficient (Wildman–Crippen LogP) is 4.59. The summed E-state index contributed by atoms with van der Waals surface area (Å²) in [7, 11) is 0. The maximum atomic E-state index is 6.06. The minimum Gasteiger partial charge on any atom is -0.368 e. The van der Waals surface area contributed by atoms with Crippen molar-refractivity contribution >= 4 is 39.8 Å². The number of hydrogen-bond donors (Lipinski definition) is 1. The van der Waals surface area contributed by atoms with Crippen molar-refractivity contribution in [1.29, 1.82) is 0 Å². The molecule has 1 aromatic heterocycles. The van der Waals surface area contributed by atoms with Crippen molar-refractivity contribution in [2.45, 2.75) is 6.42 Å². The molecule has 2 aromatic carbocycles. The van der Waals surface area contributed by atoms with E-state index in [1.54, 1.807) is 0 Å². The largest absolute Gasteiger partial charge is 0.368 e. The second-order valence-corrected chi connectivity index (χ2v) is 5.48. The number of nitrogens with zero attached hydrogens (tertiary/aromatic N) is 2. The molecule has 1 heterocycles. The molecule has 3 rings (SSSR count). The number of halogens is 2. The number of rotatable bonds is 4. The van der Waals surface area contributed by atoms with E-state index in [2.05, 4.69) is 15.5 Å². The zero-order valence-electron chi connectivity index (χ0n) is 11.2. The molecule has 0 fully saturated rings. The van der Waals surface area contributed by atoms with Gasteiger partial charge in [0.1, 0.15) is 0 Å². The molecule has 3 nitrogen and oxygen atoms in total. The maximum Gasteiger partial charge on any atom is 0.159 e. The second-order valence-electron chi connectivity index (χ2n) is 4.69. The van der Waals surface area contributed by atoms with E-state index in [1.807, 2.05) is 48.5 Å². The Balaban J connectivity index is 1.74. The maximum absolute atomic E-state index is 6.06. The van der Waals surface area contributed by atoms with Crippen molar-refractivity contribution in [3.05, 3.63) is 64.3 Å². The van der Waals surface area contributed by atoms with Gasteiger partial charge in [-0.25, -0.2) is 0 Å². The van der Waals surface area contributed by atoms with E-state index >= 15 is 0 Å². The van der Waals surface area contributed by atoms with E-state index in [0.29, 0.717) is 5.15 Å². The fraction of sp³-hybridized carbons (Fsp3) is 0.125. The molecule has 106 valence electrons. The van der Waals surface area contributed by atoms with E-state index in [9.17, 15) is 0 Å². The number of aromatic nitrogens is 2. The third kappa shape index (κ3) is 3.26. The molecule has 0 aliphatic carbocycles. The molecule has 21 heavy (non-hydrogen) atoms. The summed E-state index contributed by atoms with van der Waals surface area (Å²) in [4.78, 5) is 0. The number of fused-ring (bicyclic) bond motifs is 1. The fourth-order valence-corrected chi connectivity index (χ4v) is 2.51. The van der Waals surface area contributed by atoms with Gasteiger partial charge in [-0.2, -0.15) is 0 Å². The Bertz CT molecular complexity index is 757. The van der Waals surface area contributed by atoms with Crippen molar-refractivity contribution < 1.29 is 0 Å². The fourth-order valence-electron chi connectivity index (χ4n) is 2.18. The van der Waals surface area contributed by atoms with Crippen LogP contribution in [-0.2, 0) is 6.42 Å². The van der Waals surface area contributed by atoms with Gasteiger partial charge in [-0.15, -0.1) is 10.2 Å². The lowest BCUT2D eigenvalue weighted by Crippen LogP contribution is -2.07. The van der Waals surface area contributed by atoms with E-state index in [1.165, 1.54) is 5.56 Å². The zero-order valence-corrected chi connectivity index (χ0v) is 12.7. The van der Waals surface area contributed by atoms with Crippen LogP contribution in [0.15, 0.2) is 48.5 Å². The summed E-state index contributed by atoms with van der Waals surface area (Å²) in [5.74, 6) is 0.754. The van der Waals surface area contributed by atoms with E-state index < -0.39 is 0 Å². The van der Waals surface area contributed by atoms with Crippen molar-refractivity contribution in [1.82, 2.24) is 10.2 Å². The molecular weight excluding hydrogens is 305 g/mol. The quantitative estimate of drug-likeness (QED) is 0.764. The lowest BCUT2D eigenvalue weighted by Gasteiger charge is -2.08. The van der Waals surface area contributed by atoms with Crippen LogP contribution in [0, 0.1) is 0 Å². The second kappa shape index (κ2) is 6.29. The third-order valence-electron chi connectivity index (χ3n) is 3.26. The molecule has 5 heteroatoms. The van der Waals surface area contributed by atoms with Gasteiger partial charge in [0.15, 0.2) is 11.0 Å². The average molecular weight is 318 g/mol. The minimum atomic E-state index is 0.425. The van der Waals surface area contributed by atoms with Crippen molar-refractivity contribution in [3.8, 4) is 0 Å². The number of anilines is 1. The molecule has 3 aromatic rings. The van der Waals surface area contributed by atoms with Gasteiger partial charge in [0.2, 0.25) is 0 Å². The standard InChI is InChI=1S/C16H13Cl2N3/c17-12-7-5-11(6-8-12)9-10-19-16-14-4-2-1-3-13(14)15(18)20-21-16/h1-8H,9-10H2,(H,19,21). The van der Waals surface area contributed by atoms with Crippen molar-refractivity contribution in [2.75, 3.05) is 11.9 Å². The van der Waals surface area contributed by atoms with Gasteiger partial charge in [0.25, 0.3) is 0 Å². The molecule has 1 N–H and O–H groups in total. The summed E-state index contributed by atoms with van der Waals surface area (Å²) in [5, 5.41) is 14.5. The lowest BCUT2D eigenvalue weighted by molar-refractivity contribution is 0.977. The molecular formula is C16H13Cl2N3. The number of nitrogens with one attached hydrogen (secondary N) is 1. The molecule has 0 aliphatic heterocycles. The number of hydrogen-bond acceptors (Lipinski definition) is 3. The average Bonchev–Trinajstić information content (AvgIpc) is 2.52. The third-order valence-corrected chi connectivity index (χ3v) is 3.79. The first-order valence-corrected chi connectivity index (χ1v) is 7.39. The highest BCUT2D eigenvalue weighted by molar-refractivity contribution is 6.34. The molecule has 0 saturated carbocycles. The van der Waals surface area contributed by atoms with Crippen LogP contribution in [0.2, 0.25) is 10.2 Å². The van der Waals surface area contributed by atoms with Gasteiger partial charge in [0.05, 0.1) is 0 Å². The molecule has 0 bridgehead atoms. The highest BCUT2D eigenvalue weighted by atomic mass is 35.5. The van der Waals surface area contributed by atoms with Gasteiger partial charge in [-0.3, -0.25) is 0 Å². The Morgan fingerprint density at radius 2 is 1.57 bits per heavy atom. The summed E-state index contributed by atoms with van der Waals surface area (Å²) in [6, 6.07) is 15.7. The number of benzene rings is 2. The Kier molecular flexibility index (Phi) is 4.23. The molecule has 0 aliphatic rings. The van der Waals surface area contributed by atoms with Crippen molar-refractivity contribution in [3.63, 3.8) is 0 Å². The summed E-state index contributed by atoms with van der Waals surface area (Å²) < 4.78 is 0. The predicted molar refractivity (Wildman–Crippen MR) is 88.2 cm³/mol. The van der Waals surface area contributed by atoms with Crippen LogP contribution in [0.25, 0.3) is 10.8 Å². The van der Waals surface area contributed by atoms with Crippen LogP contribution in [-0.4, -0.2) is 16.7 Å². The summed E-state index contributed by atoms with van der Waals surface area (Å²) in [5.41, 5.74) is 1.22. The van der Waals surface area contributed by atoms with Crippen LogP contribution in [0.4, 0.5) is 5.82 Å². The van der Waals surface area contributed by atoms with Gasteiger partial charge in [-0.1, -0.05) is 59.6 Å². The summed E-state index contributed by atoms with van der Waals surface area (Å²) >= 11 is 11.9. The minimum absolute atomic E-state index is 0.425.